The Morgan fingerprint density at radius 3 is 2.38 bits per heavy atom. The molecule has 2 atom stereocenters. The van der Waals surface area contributed by atoms with Gasteiger partial charge in [0.2, 0.25) is 0 Å². The molecule has 0 bridgehead atoms. The molecular weight excluding hydrogens is 327 g/mol. The molecule has 1 fully saturated rings. The van der Waals surface area contributed by atoms with Gasteiger partial charge < -0.3 is 14.2 Å². The molecule has 2 unspecified atom stereocenters. The molecule has 1 aliphatic heterocycles. The molecule has 0 aromatic heterocycles. The quantitative estimate of drug-likeness (QED) is 0.460. The fourth-order valence-electron chi connectivity index (χ4n) is 2.71. The van der Waals surface area contributed by atoms with E-state index in [4.69, 9.17) is 18.7 Å². The lowest BCUT2D eigenvalue weighted by molar-refractivity contribution is -0.0481. The van der Waals surface area contributed by atoms with Crippen LogP contribution in [0.15, 0.2) is 30.3 Å². The number of hydrogen-bond donors (Lipinski definition) is 0. The van der Waals surface area contributed by atoms with Crippen LogP contribution in [0, 0.1) is 0 Å². The lowest BCUT2D eigenvalue weighted by Crippen LogP contribution is -2.31. The van der Waals surface area contributed by atoms with E-state index in [2.05, 4.69) is 0 Å². The molecule has 1 saturated heterocycles. The van der Waals surface area contributed by atoms with Crippen LogP contribution < -0.4 is 4.74 Å². The monoisotopic (exact) mass is 356 g/mol. The molecule has 1 aromatic carbocycles. The van der Waals surface area contributed by atoms with Crippen molar-refractivity contribution in [3.8, 4) is 5.75 Å². The molecule has 0 N–H and O–H groups in total. The van der Waals surface area contributed by atoms with Crippen molar-refractivity contribution in [1.29, 1.82) is 0 Å². The highest BCUT2D eigenvalue weighted by Crippen LogP contribution is 2.84. The molecule has 2 rings (SSSR count). The van der Waals surface area contributed by atoms with Crippen molar-refractivity contribution in [1.82, 2.24) is 0 Å². The maximum absolute atomic E-state index is 12.9. The first-order valence-electron chi connectivity index (χ1n) is 8.38. The summed E-state index contributed by atoms with van der Waals surface area (Å²) in [6.45, 7) is 12.0. The van der Waals surface area contributed by atoms with Crippen LogP contribution in [0.4, 0.5) is 0 Å². The van der Waals surface area contributed by atoms with Crippen molar-refractivity contribution < 1.29 is 23.3 Å². The van der Waals surface area contributed by atoms with Gasteiger partial charge in [0.1, 0.15) is 16.7 Å². The number of ether oxygens (including phenoxy) is 3. The molecular formula is C18H29O5P. The second-order valence-electron chi connectivity index (χ2n) is 7.19. The summed E-state index contributed by atoms with van der Waals surface area (Å²) in [5.41, 5.74) is -1.46. The Balaban J connectivity index is 1.87. The van der Waals surface area contributed by atoms with Crippen LogP contribution >= 0.6 is 7.37 Å². The largest absolute Gasteiger partial charge is 0.488 e. The first-order valence-corrected chi connectivity index (χ1v) is 10.0. The van der Waals surface area contributed by atoms with E-state index in [1.807, 2.05) is 51.1 Å². The van der Waals surface area contributed by atoms with Crippen LogP contribution in [-0.4, -0.2) is 29.7 Å². The molecule has 5 nitrogen and oxygen atoms in total. The summed E-state index contributed by atoms with van der Waals surface area (Å²) in [7, 11) is -2.99. The lowest BCUT2D eigenvalue weighted by atomic mass is 10.1. The zero-order valence-corrected chi connectivity index (χ0v) is 16.4. The van der Waals surface area contributed by atoms with E-state index < -0.39 is 23.8 Å². The topological polar surface area (TPSA) is 57.3 Å². The zero-order chi connectivity index (χ0) is 18.1. The summed E-state index contributed by atoms with van der Waals surface area (Å²) in [6.07, 6.45) is 0.649. The minimum Gasteiger partial charge on any atom is -0.488 e. The maximum atomic E-state index is 12.9. The average Bonchev–Trinajstić information content (AvgIpc) is 3.03. The third-order valence-corrected chi connectivity index (χ3v) is 7.49. The maximum Gasteiger partial charge on any atom is 0.293 e. The van der Waals surface area contributed by atoms with E-state index in [1.54, 1.807) is 20.8 Å². The predicted molar refractivity (Wildman–Crippen MR) is 94.5 cm³/mol. The van der Waals surface area contributed by atoms with Crippen LogP contribution in [0.1, 0.15) is 48.0 Å². The summed E-state index contributed by atoms with van der Waals surface area (Å²) in [4.78, 5) is 0. The van der Waals surface area contributed by atoms with Crippen molar-refractivity contribution in [2.24, 2.45) is 0 Å². The molecule has 1 aromatic rings. The lowest BCUT2D eigenvalue weighted by Gasteiger charge is -2.27. The highest BCUT2D eigenvalue weighted by atomic mass is 31.2. The van der Waals surface area contributed by atoms with E-state index in [-0.39, 0.29) is 0 Å². The molecule has 1 aliphatic rings. The summed E-state index contributed by atoms with van der Waals surface area (Å²) >= 11 is 0. The summed E-state index contributed by atoms with van der Waals surface area (Å²) in [5, 5.41) is -0.841. The summed E-state index contributed by atoms with van der Waals surface area (Å²) in [5.74, 6) is 0.819. The van der Waals surface area contributed by atoms with E-state index in [9.17, 15) is 4.57 Å². The molecule has 6 heteroatoms. The van der Waals surface area contributed by atoms with Crippen LogP contribution in [0.25, 0.3) is 0 Å². The Hall–Kier alpha value is -0.870. The van der Waals surface area contributed by atoms with Crippen molar-refractivity contribution in [3.63, 3.8) is 0 Å². The number of benzene rings is 1. The minimum absolute atomic E-state index is 0.391. The fraction of sp³-hybridized carbons (Fsp3) is 0.667. The number of para-hydroxylation sites is 1. The minimum atomic E-state index is -2.99. The van der Waals surface area contributed by atoms with Crippen molar-refractivity contribution in [2.45, 2.75) is 64.4 Å². The first kappa shape index (κ1) is 19.5. The van der Waals surface area contributed by atoms with Gasteiger partial charge in [0, 0.05) is 20.0 Å². The standard InChI is InChI=1S/C18H29O5P/c1-7-20-17(4,5)24(19)18(6,23-24)21-14-13-16(2,3)22-15-11-9-8-10-12-15/h8-12H,7,13-14H2,1-6H3. The second-order valence-corrected chi connectivity index (χ2v) is 10.4. The van der Waals surface area contributed by atoms with Crippen molar-refractivity contribution in [2.75, 3.05) is 13.2 Å². The van der Waals surface area contributed by atoms with Gasteiger partial charge in [-0.25, -0.2) is 0 Å². The Labute approximate surface area is 145 Å². The average molecular weight is 356 g/mol. The van der Waals surface area contributed by atoms with Gasteiger partial charge in [0.15, 0.2) is 0 Å². The fourth-order valence-corrected chi connectivity index (χ4v) is 5.18. The second kappa shape index (κ2) is 6.80. The molecule has 0 saturated carbocycles. The van der Waals surface area contributed by atoms with E-state index in [0.29, 0.717) is 19.6 Å². The van der Waals surface area contributed by atoms with Gasteiger partial charge in [-0.1, -0.05) is 18.2 Å². The Kier molecular flexibility index (Phi) is 5.51. The van der Waals surface area contributed by atoms with Gasteiger partial charge in [-0.15, -0.1) is 0 Å². The highest BCUT2D eigenvalue weighted by Gasteiger charge is 2.74. The van der Waals surface area contributed by atoms with Crippen LogP contribution in [0.2, 0.25) is 0 Å². The Morgan fingerprint density at radius 1 is 1.17 bits per heavy atom. The molecule has 0 radical (unpaired) electrons. The number of rotatable bonds is 9. The Bertz CT molecular complexity index is 599. The normalized spacial score (nSPS) is 27.1. The van der Waals surface area contributed by atoms with Gasteiger partial charge in [0.25, 0.3) is 12.9 Å². The van der Waals surface area contributed by atoms with E-state index >= 15 is 0 Å². The third kappa shape index (κ3) is 4.02. The third-order valence-electron chi connectivity index (χ3n) is 4.22. The van der Waals surface area contributed by atoms with Crippen LogP contribution in [0.5, 0.6) is 5.75 Å². The molecule has 0 amide bonds. The summed E-state index contributed by atoms with van der Waals surface area (Å²) in [6, 6.07) is 9.67. The Morgan fingerprint density at radius 2 is 1.79 bits per heavy atom. The molecule has 136 valence electrons. The molecule has 0 aliphatic carbocycles. The molecule has 1 heterocycles. The van der Waals surface area contributed by atoms with E-state index in [0.717, 1.165) is 5.75 Å². The molecule has 0 spiro atoms. The van der Waals surface area contributed by atoms with Crippen LogP contribution in [-0.2, 0) is 18.6 Å². The molecule has 24 heavy (non-hydrogen) atoms. The van der Waals surface area contributed by atoms with Crippen molar-refractivity contribution in [3.05, 3.63) is 30.3 Å². The van der Waals surface area contributed by atoms with Gasteiger partial charge in [0.05, 0.1) is 6.61 Å². The number of hydrogen-bond acceptors (Lipinski definition) is 5. The van der Waals surface area contributed by atoms with Crippen LogP contribution in [0.3, 0.4) is 0 Å². The zero-order valence-electron chi connectivity index (χ0n) is 15.5. The van der Waals surface area contributed by atoms with E-state index in [1.165, 1.54) is 0 Å². The summed E-state index contributed by atoms with van der Waals surface area (Å²) < 4.78 is 35.8. The predicted octanol–water partition coefficient (Wildman–Crippen LogP) is 5.01. The SMILES string of the molecule is CCOC(C)(C)P1(=O)OC1(C)OCCC(C)(C)Oc1ccccc1. The van der Waals surface area contributed by atoms with Gasteiger partial charge >= 0.3 is 0 Å². The smallest absolute Gasteiger partial charge is 0.293 e. The van der Waals surface area contributed by atoms with Gasteiger partial charge in [-0.2, -0.15) is 0 Å². The van der Waals surface area contributed by atoms with Crippen molar-refractivity contribution >= 4 is 7.37 Å². The first-order chi connectivity index (χ1) is 11.1. The highest BCUT2D eigenvalue weighted by molar-refractivity contribution is 7.67. The van der Waals surface area contributed by atoms with Gasteiger partial charge in [-0.05, 0) is 46.8 Å². The van der Waals surface area contributed by atoms with Gasteiger partial charge in [-0.3, -0.25) is 9.09 Å².